The van der Waals surface area contributed by atoms with Gasteiger partial charge >= 0.3 is 0 Å². The van der Waals surface area contributed by atoms with E-state index in [0.717, 1.165) is 16.5 Å². The predicted molar refractivity (Wildman–Crippen MR) is 84.7 cm³/mol. The minimum absolute atomic E-state index is 0.163. The van der Waals surface area contributed by atoms with Crippen molar-refractivity contribution in [3.63, 3.8) is 0 Å². The molecule has 0 spiro atoms. The van der Waals surface area contributed by atoms with Gasteiger partial charge in [-0.2, -0.15) is 0 Å². The molecule has 0 aliphatic rings. The summed E-state index contributed by atoms with van der Waals surface area (Å²) in [5.41, 5.74) is 11.0. The second-order valence-corrected chi connectivity index (χ2v) is 5.42. The number of carbonyl (C=O) groups excluding carboxylic acids is 1. The highest BCUT2D eigenvalue weighted by Gasteiger charge is 2.21. The SMILES string of the molecule is Cc1cc(C)c(C(=O)c2oc3ccccc3c2N)cc1C. The molecule has 21 heavy (non-hydrogen) atoms. The van der Waals surface area contributed by atoms with Crippen LogP contribution in [0.25, 0.3) is 11.0 Å². The molecule has 2 aromatic carbocycles. The lowest BCUT2D eigenvalue weighted by atomic mass is 9.97. The minimum atomic E-state index is -0.163. The van der Waals surface area contributed by atoms with Crippen LogP contribution < -0.4 is 5.73 Å². The summed E-state index contributed by atoms with van der Waals surface area (Å²) >= 11 is 0. The molecule has 0 aliphatic carbocycles. The second-order valence-electron chi connectivity index (χ2n) is 5.42. The number of hydrogen-bond donors (Lipinski definition) is 1. The second kappa shape index (κ2) is 4.77. The van der Waals surface area contributed by atoms with E-state index in [0.29, 0.717) is 16.8 Å². The molecule has 106 valence electrons. The largest absolute Gasteiger partial charge is 0.450 e. The Morgan fingerprint density at radius 3 is 2.38 bits per heavy atom. The van der Waals surface area contributed by atoms with Crippen molar-refractivity contribution in [2.24, 2.45) is 0 Å². The van der Waals surface area contributed by atoms with Crippen molar-refractivity contribution in [1.82, 2.24) is 0 Å². The third-order valence-electron chi connectivity index (χ3n) is 3.93. The number of ketones is 1. The molecule has 0 unspecified atom stereocenters. The van der Waals surface area contributed by atoms with Gasteiger partial charge in [-0.25, -0.2) is 0 Å². The average Bonchev–Trinajstić information content (AvgIpc) is 2.80. The van der Waals surface area contributed by atoms with Crippen LogP contribution in [-0.2, 0) is 0 Å². The van der Waals surface area contributed by atoms with Crippen LogP contribution in [0.15, 0.2) is 40.8 Å². The number of rotatable bonds is 2. The molecule has 1 aromatic heterocycles. The summed E-state index contributed by atoms with van der Waals surface area (Å²) in [7, 11) is 0. The summed E-state index contributed by atoms with van der Waals surface area (Å²) in [5.74, 6) is 0.0619. The van der Waals surface area contributed by atoms with Crippen molar-refractivity contribution in [3.05, 3.63) is 64.4 Å². The Kier molecular flexibility index (Phi) is 3.05. The van der Waals surface area contributed by atoms with E-state index in [2.05, 4.69) is 0 Å². The number of benzene rings is 2. The highest BCUT2D eigenvalue weighted by atomic mass is 16.3. The quantitative estimate of drug-likeness (QED) is 0.716. The monoisotopic (exact) mass is 279 g/mol. The Morgan fingerprint density at radius 1 is 1.00 bits per heavy atom. The molecule has 0 fully saturated rings. The fourth-order valence-electron chi connectivity index (χ4n) is 2.56. The zero-order chi connectivity index (χ0) is 15.1. The number of nitrogen functional groups attached to an aromatic ring is 1. The van der Waals surface area contributed by atoms with Crippen molar-refractivity contribution in [3.8, 4) is 0 Å². The van der Waals surface area contributed by atoms with Gasteiger partial charge in [-0.3, -0.25) is 4.79 Å². The van der Waals surface area contributed by atoms with Gasteiger partial charge in [-0.1, -0.05) is 18.2 Å². The number of anilines is 1. The maximum absolute atomic E-state index is 12.7. The lowest BCUT2D eigenvalue weighted by molar-refractivity contribution is 0.101. The van der Waals surface area contributed by atoms with E-state index in [1.165, 1.54) is 5.56 Å². The lowest BCUT2D eigenvalue weighted by Crippen LogP contribution is -2.06. The molecule has 3 rings (SSSR count). The van der Waals surface area contributed by atoms with Crippen LogP contribution in [0.5, 0.6) is 0 Å². The smallest absolute Gasteiger partial charge is 0.230 e. The van der Waals surface area contributed by atoms with Gasteiger partial charge < -0.3 is 10.2 Å². The Hall–Kier alpha value is -2.55. The maximum atomic E-state index is 12.7. The summed E-state index contributed by atoms with van der Waals surface area (Å²) in [6, 6.07) is 11.3. The van der Waals surface area contributed by atoms with Gasteiger partial charge in [0.15, 0.2) is 5.76 Å². The van der Waals surface area contributed by atoms with Crippen molar-refractivity contribution in [1.29, 1.82) is 0 Å². The number of nitrogens with two attached hydrogens (primary N) is 1. The normalized spacial score (nSPS) is 11.0. The molecular weight excluding hydrogens is 262 g/mol. The van der Waals surface area contributed by atoms with E-state index in [4.69, 9.17) is 10.2 Å². The number of hydrogen-bond acceptors (Lipinski definition) is 3. The number of aryl methyl sites for hydroxylation is 3. The van der Waals surface area contributed by atoms with Crippen LogP contribution in [0.4, 0.5) is 5.69 Å². The van der Waals surface area contributed by atoms with Crippen LogP contribution in [0, 0.1) is 20.8 Å². The predicted octanol–water partition coefficient (Wildman–Crippen LogP) is 4.17. The zero-order valence-corrected chi connectivity index (χ0v) is 12.4. The molecule has 3 aromatic rings. The number of furan rings is 1. The fourth-order valence-corrected chi connectivity index (χ4v) is 2.56. The van der Waals surface area contributed by atoms with Crippen LogP contribution in [0.1, 0.15) is 32.8 Å². The first-order chi connectivity index (χ1) is 9.99. The van der Waals surface area contributed by atoms with Gasteiger partial charge in [0.25, 0.3) is 0 Å². The molecule has 0 saturated heterocycles. The Morgan fingerprint density at radius 2 is 1.67 bits per heavy atom. The molecule has 2 N–H and O–H groups in total. The maximum Gasteiger partial charge on any atom is 0.230 e. The van der Waals surface area contributed by atoms with Crippen LogP contribution in [0.3, 0.4) is 0 Å². The Labute approximate surface area is 123 Å². The van der Waals surface area contributed by atoms with E-state index in [1.807, 2.05) is 57.2 Å². The number of fused-ring (bicyclic) bond motifs is 1. The molecule has 0 aliphatic heterocycles. The topological polar surface area (TPSA) is 56.2 Å². The van der Waals surface area contributed by atoms with Gasteiger partial charge in [-0.15, -0.1) is 0 Å². The molecule has 0 bridgehead atoms. The summed E-state index contributed by atoms with van der Waals surface area (Å²) in [6.45, 7) is 5.96. The van der Waals surface area contributed by atoms with E-state index in [9.17, 15) is 4.79 Å². The molecule has 3 heteroatoms. The van der Waals surface area contributed by atoms with Crippen molar-refractivity contribution in [2.75, 3.05) is 5.73 Å². The highest BCUT2D eigenvalue weighted by molar-refractivity contribution is 6.15. The Balaban J connectivity index is 2.17. The fraction of sp³-hybridized carbons (Fsp3) is 0.167. The first kappa shape index (κ1) is 13.4. The molecule has 3 nitrogen and oxygen atoms in total. The van der Waals surface area contributed by atoms with Crippen LogP contribution >= 0.6 is 0 Å². The molecule has 0 saturated carbocycles. The number of para-hydroxylation sites is 1. The van der Waals surface area contributed by atoms with Gasteiger partial charge in [0, 0.05) is 10.9 Å². The molecule has 1 heterocycles. The van der Waals surface area contributed by atoms with Crippen molar-refractivity contribution < 1.29 is 9.21 Å². The number of carbonyl (C=O) groups is 1. The van der Waals surface area contributed by atoms with Gasteiger partial charge in [0.05, 0.1) is 5.69 Å². The van der Waals surface area contributed by atoms with Crippen LogP contribution in [0.2, 0.25) is 0 Å². The molecule has 0 amide bonds. The third-order valence-corrected chi connectivity index (χ3v) is 3.93. The van der Waals surface area contributed by atoms with Gasteiger partial charge in [0.2, 0.25) is 5.78 Å². The molecular formula is C18H17NO2. The third kappa shape index (κ3) is 2.11. The van der Waals surface area contributed by atoms with Crippen LogP contribution in [-0.4, -0.2) is 5.78 Å². The van der Waals surface area contributed by atoms with E-state index in [-0.39, 0.29) is 11.5 Å². The van der Waals surface area contributed by atoms with E-state index < -0.39 is 0 Å². The first-order valence-electron chi connectivity index (χ1n) is 6.88. The van der Waals surface area contributed by atoms with E-state index in [1.54, 1.807) is 0 Å². The van der Waals surface area contributed by atoms with Gasteiger partial charge in [-0.05, 0) is 55.7 Å². The van der Waals surface area contributed by atoms with Crippen molar-refractivity contribution in [2.45, 2.75) is 20.8 Å². The van der Waals surface area contributed by atoms with E-state index >= 15 is 0 Å². The lowest BCUT2D eigenvalue weighted by Gasteiger charge is -2.08. The summed E-state index contributed by atoms with van der Waals surface area (Å²) < 4.78 is 5.67. The summed E-state index contributed by atoms with van der Waals surface area (Å²) in [6.07, 6.45) is 0. The first-order valence-corrected chi connectivity index (χ1v) is 6.88. The highest BCUT2D eigenvalue weighted by Crippen LogP contribution is 2.30. The summed E-state index contributed by atoms with van der Waals surface area (Å²) in [5, 5.41) is 0.780. The van der Waals surface area contributed by atoms with Crippen molar-refractivity contribution >= 4 is 22.4 Å². The Bertz CT molecular complexity index is 859. The molecule has 0 radical (unpaired) electrons. The minimum Gasteiger partial charge on any atom is -0.450 e. The zero-order valence-electron chi connectivity index (χ0n) is 12.4. The average molecular weight is 279 g/mol. The summed E-state index contributed by atoms with van der Waals surface area (Å²) in [4.78, 5) is 12.7. The van der Waals surface area contributed by atoms with Gasteiger partial charge in [0.1, 0.15) is 5.58 Å². The standard InChI is InChI=1S/C18H17NO2/c1-10-8-12(3)14(9-11(10)2)17(20)18-16(19)13-6-4-5-7-15(13)21-18/h4-9H,19H2,1-3H3. The molecule has 0 atom stereocenters.